The molecule has 0 bridgehead atoms. The molecule has 0 spiro atoms. The quantitative estimate of drug-likeness (QED) is 0.774. The number of nitrogens with zero attached hydrogens (tertiary/aromatic N) is 1. The molecule has 0 N–H and O–H groups in total. The molecule has 2 nitrogen and oxygen atoms in total. The second-order valence-electron chi connectivity index (χ2n) is 5.16. The van der Waals surface area contributed by atoms with E-state index in [1.165, 1.54) is 6.42 Å². The third-order valence-corrected chi connectivity index (χ3v) is 3.63. The Morgan fingerprint density at radius 3 is 2.75 bits per heavy atom. The van der Waals surface area contributed by atoms with Crippen molar-refractivity contribution in [2.45, 2.75) is 20.3 Å². The zero-order valence-electron chi connectivity index (χ0n) is 9.66. The molecule has 1 aromatic carbocycles. The number of benzene rings is 1. The van der Waals surface area contributed by atoms with Gasteiger partial charge in [0.25, 0.3) is 0 Å². The summed E-state index contributed by atoms with van der Waals surface area (Å²) in [7, 11) is 0. The molecule has 1 aromatic rings. The standard InChI is InChI=1S/C13H16BrNO/c1-13(2)5-6-15(9-13)12-7-11(14)4-3-10(12)8-16/h3-4,7-8H,5-6,9H2,1-2H3. The molecule has 0 unspecified atom stereocenters. The maximum absolute atomic E-state index is 11.0. The van der Waals surface area contributed by atoms with E-state index < -0.39 is 0 Å². The SMILES string of the molecule is CC1(C)CCN(c2cc(Br)ccc2C=O)C1. The molecular formula is C13H16BrNO. The number of rotatable bonds is 2. The molecule has 0 aromatic heterocycles. The maximum atomic E-state index is 11.0. The van der Waals surface area contributed by atoms with Crippen LogP contribution in [0.5, 0.6) is 0 Å². The summed E-state index contributed by atoms with van der Waals surface area (Å²) in [4.78, 5) is 13.3. The van der Waals surface area contributed by atoms with E-state index in [1.54, 1.807) is 0 Å². The van der Waals surface area contributed by atoms with Crippen LogP contribution >= 0.6 is 15.9 Å². The van der Waals surface area contributed by atoms with Crippen LogP contribution in [0.3, 0.4) is 0 Å². The van der Waals surface area contributed by atoms with Crippen molar-refractivity contribution in [1.29, 1.82) is 0 Å². The van der Waals surface area contributed by atoms with E-state index in [9.17, 15) is 4.79 Å². The second kappa shape index (κ2) is 4.21. The first-order valence-electron chi connectivity index (χ1n) is 5.51. The molecule has 1 aliphatic rings. The molecule has 86 valence electrons. The summed E-state index contributed by atoms with van der Waals surface area (Å²) in [6.07, 6.45) is 2.12. The topological polar surface area (TPSA) is 20.3 Å². The van der Waals surface area contributed by atoms with Gasteiger partial charge >= 0.3 is 0 Å². The highest BCUT2D eigenvalue weighted by Crippen LogP contribution is 2.34. The average Bonchev–Trinajstić information content (AvgIpc) is 2.59. The Morgan fingerprint density at radius 2 is 2.19 bits per heavy atom. The van der Waals surface area contributed by atoms with Crippen molar-refractivity contribution >= 4 is 27.9 Å². The van der Waals surface area contributed by atoms with Gasteiger partial charge in [-0.2, -0.15) is 0 Å². The molecule has 1 fully saturated rings. The van der Waals surface area contributed by atoms with Crippen LogP contribution < -0.4 is 4.90 Å². The molecule has 3 heteroatoms. The van der Waals surface area contributed by atoms with E-state index in [2.05, 4.69) is 34.7 Å². The molecule has 0 saturated carbocycles. The van der Waals surface area contributed by atoms with Crippen molar-refractivity contribution in [3.8, 4) is 0 Å². The monoisotopic (exact) mass is 281 g/mol. The van der Waals surface area contributed by atoms with Gasteiger partial charge in [-0.3, -0.25) is 4.79 Å². The van der Waals surface area contributed by atoms with Gasteiger partial charge < -0.3 is 4.90 Å². The fraction of sp³-hybridized carbons (Fsp3) is 0.462. The summed E-state index contributed by atoms with van der Waals surface area (Å²) in [6.45, 7) is 6.59. The highest BCUT2D eigenvalue weighted by molar-refractivity contribution is 9.10. The smallest absolute Gasteiger partial charge is 0.152 e. The number of aldehydes is 1. The lowest BCUT2D eigenvalue weighted by Gasteiger charge is -2.23. The van der Waals surface area contributed by atoms with Crippen LogP contribution in [-0.2, 0) is 0 Å². The van der Waals surface area contributed by atoms with E-state index in [1.807, 2.05) is 18.2 Å². The van der Waals surface area contributed by atoms with E-state index in [-0.39, 0.29) is 0 Å². The average molecular weight is 282 g/mol. The number of anilines is 1. The highest BCUT2D eigenvalue weighted by Gasteiger charge is 2.30. The first kappa shape index (κ1) is 11.6. The van der Waals surface area contributed by atoms with Crippen molar-refractivity contribution in [1.82, 2.24) is 0 Å². The molecule has 2 rings (SSSR count). The predicted molar refractivity (Wildman–Crippen MR) is 70.1 cm³/mol. The molecular weight excluding hydrogens is 266 g/mol. The van der Waals surface area contributed by atoms with Crippen LogP contribution in [0.1, 0.15) is 30.6 Å². The molecule has 0 atom stereocenters. The van der Waals surface area contributed by atoms with Gasteiger partial charge in [-0.25, -0.2) is 0 Å². The Hall–Kier alpha value is -0.830. The number of halogens is 1. The van der Waals surface area contributed by atoms with Gasteiger partial charge in [-0.1, -0.05) is 29.8 Å². The van der Waals surface area contributed by atoms with Crippen molar-refractivity contribution < 1.29 is 4.79 Å². The molecule has 0 aliphatic carbocycles. The van der Waals surface area contributed by atoms with Gasteiger partial charge in [0.15, 0.2) is 6.29 Å². The first-order chi connectivity index (χ1) is 7.52. The van der Waals surface area contributed by atoms with E-state index in [4.69, 9.17) is 0 Å². The molecule has 1 saturated heterocycles. The zero-order valence-corrected chi connectivity index (χ0v) is 11.3. The van der Waals surface area contributed by atoms with Gasteiger partial charge in [0.05, 0.1) is 0 Å². The summed E-state index contributed by atoms with van der Waals surface area (Å²) in [5, 5.41) is 0. The maximum Gasteiger partial charge on any atom is 0.152 e. The Labute approximate surface area is 105 Å². The van der Waals surface area contributed by atoms with Crippen molar-refractivity contribution in [2.75, 3.05) is 18.0 Å². The highest BCUT2D eigenvalue weighted by atomic mass is 79.9. The molecule has 1 aliphatic heterocycles. The summed E-state index contributed by atoms with van der Waals surface area (Å²) in [5.41, 5.74) is 2.18. The number of hydrogen-bond donors (Lipinski definition) is 0. The summed E-state index contributed by atoms with van der Waals surface area (Å²) in [5.74, 6) is 0. The molecule has 0 radical (unpaired) electrons. The lowest BCUT2D eigenvalue weighted by Crippen LogP contribution is -2.23. The third kappa shape index (κ3) is 2.29. The van der Waals surface area contributed by atoms with Crippen LogP contribution in [0.2, 0.25) is 0 Å². The Bertz CT molecular complexity index is 414. The van der Waals surface area contributed by atoms with Gasteiger partial charge in [-0.15, -0.1) is 0 Å². The minimum Gasteiger partial charge on any atom is -0.370 e. The minimum absolute atomic E-state index is 0.350. The van der Waals surface area contributed by atoms with Crippen LogP contribution in [0, 0.1) is 5.41 Å². The summed E-state index contributed by atoms with van der Waals surface area (Å²) < 4.78 is 1.03. The van der Waals surface area contributed by atoms with Crippen LogP contribution in [0.25, 0.3) is 0 Å². The number of carbonyl (C=O) groups is 1. The summed E-state index contributed by atoms with van der Waals surface area (Å²) in [6, 6.07) is 5.82. The predicted octanol–water partition coefficient (Wildman–Crippen LogP) is 3.50. The molecule has 1 heterocycles. The number of carbonyl (C=O) groups excluding carboxylic acids is 1. The van der Waals surface area contributed by atoms with E-state index >= 15 is 0 Å². The lowest BCUT2D eigenvalue weighted by molar-refractivity contribution is 0.112. The molecule has 16 heavy (non-hydrogen) atoms. The van der Waals surface area contributed by atoms with Crippen molar-refractivity contribution in [2.24, 2.45) is 5.41 Å². The van der Waals surface area contributed by atoms with Crippen LogP contribution in [-0.4, -0.2) is 19.4 Å². The Balaban J connectivity index is 2.33. The van der Waals surface area contributed by atoms with E-state index in [0.29, 0.717) is 5.41 Å². The molecule has 0 amide bonds. The zero-order chi connectivity index (χ0) is 11.8. The van der Waals surface area contributed by atoms with Gasteiger partial charge in [0, 0.05) is 28.8 Å². The Morgan fingerprint density at radius 1 is 1.44 bits per heavy atom. The van der Waals surface area contributed by atoms with Crippen molar-refractivity contribution in [3.63, 3.8) is 0 Å². The second-order valence-corrected chi connectivity index (χ2v) is 6.07. The van der Waals surface area contributed by atoms with E-state index in [0.717, 1.165) is 35.1 Å². The first-order valence-corrected chi connectivity index (χ1v) is 6.31. The lowest BCUT2D eigenvalue weighted by atomic mass is 9.93. The van der Waals surface area contributed by atoms with Gasteiger partial charge in [0.2, 0.25) is 0 Å². The Kier molecular flexibility index (Phi) is 3.06. The van der Waals surface area contributed by atoms with Gasteiger partial charge in [-0.05, 0) is 30.0 Å². The minimum atomic E-state index is 0.350. The van der Waals surface area contributed by atoms with Gasteiger partial charge in [0.1, 0.15) is 0 Å². The normalized spacial score (nSPS) is 18.8. The fourth-order valence-electron chi connectivity index (χ4n) is 2.21. The van der Waals surface area contributed by atoms with Crippen LogP contribution in [0.4, 0.5) is 5.69 Å². The van der Waals surface area contributed by atoms with Crippen molar-refractivity contribution in [3.05, 3.63) is 28.2 Å². The third-order valence-electron chi connectivity index (χ3n) is 3.14. The number of hydrogen-bond acceptors (Lipinski definition) is 2. The summed E-state index contributed by atoms with van der Waals surface area (Å²) >= 11 is 3.46. The largest absolute Gasteiger partial charge is 0.370 e. The van der Waals surface area contributed by atoms with Crippen LogP contribution in [0.15, 0.2) is 22.7 Å². The fourth-order valence-corrected chi connectivity index (χ4v) is 2.56.